The minimum atomic E-state index is -0.424. The number of aromatic nitrogens is 2. The van der Waals surface area contributed by atoms with E-state index in [1.165, 1.54) is 24.3 Å². The van der Waals surface area contributed by atoms with Crippen molar-refractivity contribution in [2.24, 2.45) is 0 Å². The normalized spacial score (nSPS) is 15.2. The summed E-state index contributed by atoms with van der Waals surface area (Å²) < 4.78 is 14.9. The fourth-order valence-corrected chi connectivity index (χ4v) is 4.35. The summed E-state index contributed by atoms with van der Waals surface area (Å²) in [6, 6.07) is 13.3. The topological polar surface area (TPSA) is 84.3 Å². The number of carbonyl (C=O) groups is 3. The van der Waals surface area contributed by atoms with E-state index in [9.17, 15) is 18.8 Å². The highest BCUT2D eigenvalue weighted by Gasteiger charge is 2.34. The summed E-state index contributed by atoms with van der Waals surface area (Å²) in [5, 5.41) is 2.37. The number of imide groups is 1. The lowest BCUT2D eigenvalue weighted by Gasteiger charge is -2.14. The predicted molar refractivity (Wildman–Crippen MR) is 121 cm³/mol. The number of aryl methyl sites for hydroxylation is 1. The Morgan fingerprint density at radius 2 is 1.91 bits per heavy atom. The summed E-state index contributed by atoms with van der Waals surface area (Å²) in [4.78, 5) is 43.2. The van der Waals surface area contributed by atoms with Gasteiger partial charge in [0.2, 0.25) is 5.91 Å². The van der Waals surface area contributed by atoms with Gasteiger partial charge in [-0.2, -0.15) is 0 Å². The molecule has 0 saturated carbocycles. The molecule has 0 radical (unpaired) electrons. The van der Waals surface area contributed by atoms with Crippen molar-refractivity contribution in [2.45, 2.75) is 19.9 Å². The minimum absolute atomic E-state index is 0.0719. The Labute approximate surface area is 188 Å². The van der Waals surface area contributed by atoms with Gasteiger partial charge in [-0.1, -0.05) is 31.2 Å². The van der Waals surface area contributed by atoms with E-state index < -0.39 is 11.1 Å². The van der Waals surface area contributed by atoms with Crippen LogP contribution >= 0.6 is 11.8 Å². The van der Waals surface area contributed by atoms with Crippen LogP contribution in [0, 0.1) is 5.82 Å². The number of carbonyl (C=O) groups excluding carboxylic acids is 3. The van der Waals surface area contributed by atoms with Crippen molar-refractivity contribution in [1.82, 2.24) is 19.8 Å². The molecule has 7 nitrogen and oxygen atoms in total. The number of para-hydroxylation sites is 2. The molecule has 0 aliphatic carbocycles. The third-order valence-electron chi connectivity index (χ3n) is 5.05. The summed E-state index contributed by atoms with van der Waals surface area (Å²) in [5.41, 5.74) is 2.35. The van der Waals surface area contributed by atoms with E-state index in [2.05, 4.69) is 10.3 Å². The van der Waals surface area contributed by atoms with Gasteiger partial charge in [0.15, 0.2) is 0 Å². The summed E-state index contributed by atoms with van der Waals surface area (Å²) >= 11 is 0.829. The number of hydrogen-bond acceptors (Lipinski definition) is 5. The first-order valence-corrected chi connectivity index (χ1v) is 11.0. The van der Waals surface area contributed by atoms with Gasteiger partial charge >= 0.3 is 0 Å². The zero-order chi connectivity index (χ0) is 22.7. The van der Waals surface area contributed by atoms with E-state index in [0.29, 0.717) is 12.0 Å². The first kappa shape index (κ1) is 21.8. The van der Waals surface area contributed by atoms with E-state index >= 15 is 0 Å². The Morgan fingerprint density at radius 3 is 2.66 bits per heavy atom. The summed E-state index contributed by atoms with van der Waals surface area (Å²) in [6.45, 7) is 2.31. The minimum Gasteiger partial charge on any atom is -0.353 e. The van der Waals surface area contributed by atoms with E-state index in [1.54, 1.807) is 6.08 Å². The fraction of sp³-hybridized carbons (Fsp3) is 0.217. The maximum atomic E-state index is 13.0. The van der Waals surface area contributed by atoms with E-state index in [0.717, 1.165) is 33.5 Å². The lowest BCUT2D eigenvalue weighted by Crippen LogP contribution is -2.38. The van der Waals surface area contributed by atoms with Crippen molar-refractivity contribution in [3.05, 3.63) is 70.6 Å². The number of halogens is 1. The van der Waals surface area contributed by atoms with Crippen LogP contribution < -0.4 is 5.32 Å². The molecule has 1 aliphatic heterocycles. The number of nitrogens with one attached hydrogen (secondary N) is 1. The molecular weight excluding hydrogens is 431 g/mol. The van der Waals surface area contributed by atoms with Crippen molar-refractivity contribution < 1.29 is 18.8 Å². The van der Waals surface area contributed by atoms with Gasteiger partial charge in [0.1, 0.15) is 18.2 Å². The van der Waals surface area contributed by atoms with E-state index in [1.807, 2.05) is 35.8 Å². The first-order chi connectivity index (χ1) is 15.5. The molecule has 9 heteroatoms. The second kappa shape index (κ2) is 9.35. The van der Waals surface area contributed by atoms with Crippen LogP contribution in [0.2, 0.25) is 0 Å². The quantitative estimate of drug-likeness (QED) is 0.554. The van der Waals surface area contributed by atoms with Crippen LogP contribution in [-0.2, 0) is 22.6 Å². The molecule has 32 heavy (non-hydrogen) atoms. The Kier molecular flexibility index (Phi) is 6.36. The predicted octanol–water partition coefficient (Wildman–Crippen LogP) is 3.59. The number of rotatable bonds is 7. The zero-order valence-electron chi connectivity index (χ0n) is 17.4. The number of nitrogens with zero attached hydrogens (tertiary/aromatic N) is 3. The molecule has 1 aromatic heterocycles. The highest BCUT2D eigenvalue weighted by molar-refractivity contribution is 8.18. The van der Waals surface area contributed by atoms with Crippen LogP contribution in [0.5, 0.6) is 0 Å². The third kappa shape index (κ3) is 4.57. The van der Waals surface area contributed by atoms with Crippen LogP contribution in [-0.4, -0.2) is 44.6 Å². The smallest absolute Gasteiger partial charge is 0.293 e. The van der Waals surface area contributed by atoms with Gasteiger partial charge in [0, 0.05) is 19.5 Å². The van der Waals surface area contributed by atoms with Gasteiger partial charge in [-0.25, -0.2) is 9.37 Å². The van der Waals surface area contributed by atoms with Crippen molar-refractivity contribution in [3.63, 3.8) is 0 Å². The third-order valence-corrected chi connectivity index (χ3v) is 5.96. The van der Waals surface area contributed by atoms with Crippen molar-refractivity contribution in [1.29, 1.82) is 0 Å². The van der Waals surface area contributed by atoms with Gasteiger partial charge in [-0.05, 0) is 47.7 Å². The molecule has 1 N–H and O–H groups in total. The number of imidazole rings is 1. The molecule has 0 bridgehead atoms. The zero-order valence-corrected chi connectivity index (χ0v) is 18.2. The number of fused-ring (bicyclic) bond motifs is 1. The van der Waals surface area contributed by atoms with Crippen LogP contribution in [0.25, 0.3) is 17.1 Å². The highest BCUT2D eigenvalue weighted by atomic mass is 32.2. The van der Waals surface area contributed by atoms with Gasteiger partial charge < -0.3 is 9.88 Å². The molecule has 2 aromatic carbocycles. The van der Waals surface area contributed by atoms with Gasteiger partial charge in [0.05, 0.1) is 15.9 Å². The number of benzene rings is 2. The molecule has 0 unspecified atom stereocenters. The standard InChI is InChI=1S/C23H21FN4O3S/c1-2-20-26-17-5-3-4-6-18(17)28(20)14-21(29)25-11-12-27-22(30)19(32-23(27)31)13-15-7-9-16(24)10-8-15/h3-10,13H,2,11-12,14H2,1H3,(H,25,29). The van der Waals surface area contributed by atoms with Crippen molar-refractivity contribution in [2.75, 3.05) is 13.1 Å². The average Bonchev–Trinajstić information content (AvgIpc) is 3.27. The first-order valence-electron chi connectivity index (χ1n) is 10.2. The summed E-state index contributed by atoms with van der Waals surface area (Å²) in [7, 11) is 0. The lowest BCUT2D eigenvalue weighted by molar-refractivity contribution is -0.124. The second-order valence-electron chi connectivity index (χ2n) is 7.19. The van der Waals surface area contributed by atoms with Gasteiger partial charge in [-0.15, -0.1) is 0 Å². The molecule has 1 saturated heterocycles. The Hall–Kier alpha value is -3.46. The molecule has 164 valence electrons. The maximum absolute atomic E-state index is 13.0. The van der Waals surface area contributed by atoms with Crippen LogP contribution in [0.3, 0.4) is 0 Å². The van der Waals surface area contributed by atoms with Crippen molar-refractivity contribution in [3.8, 4) is 0 Å². The monoisotopic (exact) mass is 452 g/mol. The molecule has 0 atom stereocenters. The van der Waals surface area contributed by atoms with Crippen LogP contribution in [0.1, 0.15) is 18.3 Å². The maximum Gasteiger partial charge on any atom is 0.293 e. The SMILES string of the molecule is CCc1nc2ccccc2n1CC(=O)NCCN1C(=O)SC(=Cc2ccc(F)cc2)C1=O. The van der Waals surface area contributed by atoms with Gasteiger partial charge in [0.25, 0.3) is 11.1 Å². The van der Waals surface area contributed by atoms with E-state index in [4.69, 9.17) is 0 Å². The molecule has 3 aromatic rings. The molecule has 1 fully saturated rings. The molecular formula is C23H21FN4O3S. The largest absolute Gasteiger partial charge is 0.353 e. The van der Waals surface area contributed by atoms with Crippen LogP contribution in [0.15, 0.2) is 53.4 Å². The van der Waals surface area contributed by atoms with E-state index in [-0.39, 0.29) is 36.3 Å². The molecule has 2 heterocycles. The number of amides is 3. The molecule has 0 spiro atoms. The summed E-state index contributed by atoms with van der Waals surface area (Å²) in [5.74, 6) is -0.205. The molecule has 1 aliphatic rings. The average molecular weight is 453 g/mol. The Morgan fingerprint density at radius 1 is 1.16 bits per heavy atom. The Balaban J connectivity index is 1.35. The van der Waals surface area contributed by atoms with Crippen molar-refractivity contribution >= 4 is 45.9 Å². The Bertz CT molecular complexity index is 1220. The lowest BCUT2D eigenvalue weighted by atomic mass is 10.2. The number of thioether (sulfide) groups is 1. The molecule has 4 rings (SSSR count). The molecule has 3 amide bonds. The highest BCUT2D eigenvalue weighted by Crippen LogP contribution is 2.31. The van der Waals surface area contributed by atoms with Crippen LogP contribution in [0.4, 0.5) is 9.18 Å². The summed E-state index contributed by atoms with van der Waals surface area (Å²) in [6.07, 6.45) is 2.25. The second-order valence-corrected chi connectivity index (χ2v) is 8.18. The fourth-order valence-electron chi connectivity index (χ4n) is 3.48. The number of hydrogen-bond donors (Lipinski definition) is 1. The van der Waals surface area contributed by atoms with Gasteiger partial charge in [-0.3, -0.25) is 19.3 Å².